The maximum Gasteiger partial charge on any atom is 0.222 e. The number of carbonyl (C=O) groups excluding carboxylic acids is 2. The van der Waals surface area contributed by atoms with Gasteiger partial charge in [0.2, 0.25) is 11.8 Å². The third-order valence-corrected chi connectivity index (χ3v) is 5.30. The third kappa shape index (κ3) is 6.52. The summed E-state index contributed by atoms with van der Waals surface area (Å²) in [5.74, 6) is 1.65. The smallest absolute Gasteiger partial charge is 0.222 e. The zero-order chi connectivity index (χ0) is 16.7. The minimum atomic E-state index is 0.155. The normalized spacial score (nSPS) is 20.7. The molecule has 132 valence electrons. The lowest BCUT2D eigenvalue weighted by atomic mass is 9.86. The molecule has 0 spiro atoms. The molecule has 2 amide bonds. The monoisotopic (exact) mass is 322 g/mol. The van der Waals surface area contributed by atoms with Gasteiger partial charge in [-0.3, -0.25) is 9.59 Å². The van der Waals surface area contributed by atoms with Gasteiger partial charge in [0.05, 0.1) is 0 Å². The second-order valence-corrected chi connectivity index (χ2v) is 7.86. The summed E-state index contributed by atoms with van der Waals surface area (Å²) in [6, 6.07) is 0.253. The van der Waals surface area contributed by atoms with Gasteiger partial charge in [-0.2, -0.15) is 0 Å². The molecule has 1 heterocycles. The molecule has 4 heteroatoms. The number of rotatable bonds is 6. The van der Waals surface area contributed by atoms with E-state index in [1.54, 1.807) is 0 Å². The Morgan fingerprint density at radius 2 is 1.70 bits per heavy atom. The van der Waals surface area contributed by atoms with E-state index in [0.717, 1.165) is 44.7 Å². The highest BCUT2D eigenvalue weighted by molar-refractivity contribution is 5.77. The largest absolute Gasteiger partial charge is 0.353 e. The molecule has 0 radical (unpaired) electrons. The van der Waals surface area contributed by atoms with Crippen molar-refractivity contribution in [2.24, 2.45) is 11.8 Å². The van der Waals surface area contributed by atoms with Crippen LogP contribution in [0.25, 0.3) is 0 Å². The Balaban J connectivity index is 1.63. The van der Waals surface area contributed by atoms with Gasteiger partial charge in [0.25, 0.3) is 0 Å². The van der Waals surface area contributed by atoms with Crippen molar-refractivity contribution >= 4 is 11.8 Å². The first-order valence-corrected chi connectivity index (χ1v) is 9.61. The zero-order valence-corrected chi connectivity index (χ0v) is 15.0. The van der Waals surface area contributed by atoms with Gasteiger partial charge in [0.1, 0.15) is 0 Å². The fourth-order valence-electron chi connectivity index (χ4n) is 3.89. The van der Waals surface area contributed by atoms with Gasteiger partial charge in [0.15, 0.2) is 0 Å². The number of nitrogens with one attached hydrogen (secondary N) is 1. The van der Waals surface area contributed by atoms with Crippen LogP contribution < -0.4 is 5.32 Å². The molecule has 1 N–H and O–H groups in total. The highest BCUT2D eigenvalue weighted by Crippen LogP contribution is 2.27. The van der Waals surface area contributed by atoms with Gasteiger partial charge in [-0.25, -0.2) is 0 Å². The summed E-state index contributed by atoms with van der Waals surface area (Å²) in [6.45, 7) is 5.73. The second kappa shape index (κ2) is 9.29. The van der Waals surface area contributed by atoms with Crippen LogP contribution in [0.2, 0.25) is 0 Å². The summed E-state index contributed by atoms with van der Waals surface area (Å²) in [4.78, 5) is 26.2. The third-order valence-electron chi connectivity index (χ3n) is 5.30. The lowest BCUT2D eigenvalue weighted by Gasteiger charge is -2.33. The lowest BCUT2D eigenvalue weighted by molar-refractivity contribution is -0.132. The van der Waals surface area contributed by atoms with E-state index >= 15 is 0 Å². The van der Waals surface area contributed by atoms with Crippen molar-refractivity contribution < 1.29 is 9.59 Å². The second-order valence-electron chi connectivity index (χ2n) is 7.86. The Morgan fingerprint density at radius 3 is 2.30 bits per heavy atom. The number of hydrogen-bond acceptors (Lipinski definition) is 2. The molecule has 1 aliphatic carbocycles. The summed E-state index contributed by atoms with van der Waals surface area (Å²) in [7, 11) is 0. The Labute approximate surface area is 141 Å². The van der Waals surface area contributed by atoms with Crippen LogP contribution in [0.3, 0.4) is 0 Å². The average molecular weight is 322 g/mol. The van der Waals surface area contributed by atoms with Crippen molar-refractivity contribution in [3.8, 4) is 0 Å². The van der Waals surface area contributed by atoms with Crippen LogP contribution in [0.15, 0.2) is 0 Å². The molecule has 2 aliphatic rings. The molecule has 0 aromatic rings. The fraction of sp³-hybridized carbons (Fsp3) is 0.895. The molecule has 2 rings (SSSR count). The van der Waals surface area contributed by atoms with Crippen LogP contribution in [0.1, 0.15) is 78.1 Å². The number of piperidine rings is 1. The minimum Gasteiger partial charge on any atom is -0.353 e. The summed E-state index contributed by atoms with van der Waals surface area (Å²) in [6.07, 6.45) is 10.9. The molecule has 4 nitrogen and oxygen atoms in total. The molecule has 1 aliphatic heterocycles. The fourth-order valence-corrected chi connectivity index (χ4v) is 3.89. The highest BCUT2D eigenvalue weighted by Gasteiger charge is 2.24. The van der Waals surface area contributed by atoms with E-state index in [4.69, 9.17) is 0 Å². The number of carbonyl (C=O) groups is 2. The van der Waals surface area contributed by atoms with Crippen LogP contribution in [-0.2, 0) is 9.59 Å². The topological polar surface area (TPSA) is 49.4 Å². The van der Waals surface area contributed by atoms with Crippen LogP contribution in [-0.4, -0.2) is 35.8 Å². The van der Waals surface area contributed by atoms with Crippen LogP contribution in [0, 0.1) is 11.8 Å². The van der Waals surface area contributed by atoms with E-state index in [0.29, 0.717) is 18.2 Å². The van der Waals surface area contributed by atoms with Crippen LogP contribution in [0.4, 0.5) is 0 Å². The molecule has 0 atom stereocenters. The number of nitrogens with zero attached hydrogens (tertiary/aromatic N) is 1. The zero-order valence-electron chi connectivity index (χ0n) is 15.0. The van der Waals surface area contributed by atoms with Crippen molar-refractivity contribution in [2.45, 2.75) is 84.1 Å². The molecule has 0 unspecified atom stereocenters. The number of hydrogen-bond donors (Lipinski definition) is 1. The number of amides is 2. The van der Waals surface area contributed by atoms with E-state index in [1.165, 1.54) is 32.1 Å². The Morgan fingerprint density at radius 1 is 1.04 bits per heavy atom. The van der Waals surface area contributed by atoms with Crippen LogP contribution in [0.5, 0.6) is 0 Å². The summed E-state index contributed by atoms with van der Waals surface area (Å²) in [5.41, 5.74) is 0. The van der Waals surface area contributed by atoms with Gasteiger partial charge in [-0.05, 0) is 31.1 Å². The van der Waals surface area contributed by atoms with E-state index < -0.39 is 0 Å². The van der Waals surface area contributed by atoms with Gasteiger partial charge >= 0.3 is 0 Å². The standard InChI is InChI=1S/C19H34N2O2/c1-15(2)14-18(22)20-17-10-12-21(13-11-17)19(23)9-8-16-6-4-3-5-7-16/h15-17H,3-14H2,1-2H3,(H,20,22). The highest BCUT2D eigenvalue weighted by atomic mass is 16.2. The molecule has 1 saturated heterocycles. The predicted octanol–water partition coefficient (Wildman–Crippen LogP) is 3.50. The summed E-state index contributed by atoms with van der Waals surface area (Å²) in [5, 5.41) is 3.12. The first kappa shape index (κ1) is 18.3. The molecule has 23 heavy (non-hydrogen) atoms. The van der Waals surface area contributed by atoms with E-state index in [9.17, 15) is 9.59 Å². The van der Waals surface area contributed by atoms with E-state index in [-0.39, 0.29) is 11.9 Å². The van der Waals surface area contributed by atoms with Crippen molar-refractivity contribution in [3.63, 3.8) is 0 Å². The molecule has 1 saturated carbocycles. The Bertz CT molecular complexity index is 381. The SMILES string of the molecule is CC(C)CC(=O)NC1CCN(C(=O)CCC2CCCCC2)CC1. The summed E-state index contributed by atoms with van der Waals surface area (Å²) < 4.78 is 0. The molecule has 0 aromatic carbocycles. The lowest BCUT2D eigenvalue weighted by Crippen LogP contribution is -2.46. The predicted molar refractivity (Wildman–Crippen MR) is 93.0 cm³/mol. The first-order chi connectivity index (χ1) is 11.0. The molecular weight excluding hydrogens is 288 g/mol. The molecule has 0 bridgehead atoms. The minimum absolute atomic E-state index is 0.155. The van der Waals surface area contributed by atoms with Crippen LogP contribution >= 0.6 is 0 Å². The van der Waals surface area contributed by atoms with Gasteiger partial charge in [-0.15, -0.1) is 0 Å². The van der Waals surface area contributed by atoms with Crippen molar-refractivity contribution in [3.05, 3.63) is 0 Å². The van der Waals surface area contributed by atoms with E-state index in [2.05, 4.69) is 19.2 Å². The quantitative estimate of drug-likeness (QED) is 0.813. The Hall–Kier alpha value is -1.06. The molecule has 0 aromatic heterocycles. The van der Waals surface area contributed by atoms with Gasteiger partial charge < -0.3 is 10.2 Å². The molecule has 2 fully saturated rings. The Kier molecular flexibility index (Phi) is 7.38. The van der Waals surface area contributed by atoms with Gasteiger partial charge in [0, 0.05) is 32.0 Å². The maximum atomic E-state index is 12.4. The van der Waals surface area contributed by atoms with Crippen molar-refractivity contribution in [2.75, 3.05) is 13.1 Å². The summed E-state index contributed by atoms with van der Waals surface area (Å²) >= 11 is 0. The maximum absolute atomic E-state index is 12.4. The van der Waals surface area contributed by atoms with Gasteiger partial charge in [-0.1, -0.05) is 46.0 Å². The average Bonchev–Trinajstić information content (AvgIpc) is 2.53. The van der Waals surface area contributed by atoms with E-state index in [1.807, 2.05) is 4.90 Å². The van der Waals surface area contributed by atoms with Crippen molar-refractivity contribution in [1.29, 1.82) is 0 Å². The first-order valence-electron chi connectivity index (χ1n) is 9.61. The molecular formula is C19H34N2O2. The van der Waals surface area contributed by atoms with Crippen molar-refractivity contribution in [1.82, 2.24) is 10.2 Å². The number of likely N-dealkylation sites (tertiary alicyclic amines) is 1.